The maximum atomic E-state index is 11.4. The Kier molecular flexibility index (Phi) is 8.15. The molecule has 0 amide bonds. The van der Waals surface area contributed by atoms with Gasteiger partial charge in [0.25, 0.3) is 0 Å². The van der Waals surface area contributed by atoms with E-state index in [1.165, 1.54) is 6.26 Å². The summed E-state index contributed by atoms with van der Waals surface area (Å²) in [6.45, 7) is 1.56. The van der Waals surface area contributed by atoms with Gasteiger partial charge in [-0.25, -0.2) is 8.42 Å². The minimum Gasteiger partial charge on any atom is -0.489 e. The highest BCUT2D eigenvalue weighted by atomic mass is 32.2. The number of rotatable bonds is 11. The van der Waals surface area contributed by atoms with Crippen LogP contribution in [0.15, 0.2) is 127 Å². The lowest BCUT2D eigenvalue weighted by molar-refractivity contribution is 0.306. The molecule has 3 aromatic rings. The Bertz CT molecular complexity index is 1530. The molecule has 2 aliphatic heterocycles. The molecule has 0 saturated heterocycles. The SMILES string of the molecule is CS(=O)(=O)CCNCc1cccc(N2C=CC3=CNC=C(Nc4ccc(OCc5ccccc5)cc4)C3=C2)c1. The van der Waals surface area contributed by atoms with E-state index in [1.807, 2.05) is 73.2 Å². The third-order valence-electron chi connectivity index (χ3n) is 6.32. The van der Waals surface area contributed by atoms with E-state index in [9.17, 15) is 8.42 Å². The van der Waals surface area contributed by atoms with Gasteiger partial charge in [-0.05, 0) is 53.6 Å². The zero-order chi connectivity index (χ0) is 27.1. The highest BCUT2D eigenvalue weighted by molar-refractivity contribution is 7.90. The van der Waals surface area contributed by atoms with Crippen molar-refractivity contribution in [3.05, 3.63) is 138 Å². The van der Waals surface area contributed by atoms with E-state index in [4.69, 9.17) is 4.74 Å². The molecule has 3 N–H and O–H groups in total. The average Bonchev–Trinajstić information content (AvgIpc) is 2.95. The first-order valence-corrected chi connectivity index (χ1v) is 14.9. The van der Waals surface area contributed by atoms with Gasteiger partial charge in [-0.2, -0.15) is 0 Å². The van der Waals surface area contributed by atoms with E-state index in [2.05, 4.69) is 57.4 Å². The number of hydrogen-bond donors (Lipinski definition) is 3. The number of anilines is 2. The van der Waals surface area contributed by atoms with Crippen LogP contribution < -0.4 is 25.6 Å². The minimum absolute atomic E-state index is 0.127. The molecule has 8 heteroatoms. The highest BCUT2D eigenvalue weighted by Gasteiger charge is 2.18. The van der Waals surface area contributed by atoms with Gasteiger partial charge in [-0.1, -0.05) is 42.5 Å². The number of ether oxygens (including phenoxy) is 1. The summed E-state index contributed by atoms with van der Waals surface area (Å²) < 4.78 is 28.7. The fraction of sp³-hybridized carbons (Fsp3) is 0.161. The summed E-state index contributed by atoms with van der Waals surface area (Å²) in [6.07, 6.45) is 11.4. The Labute approximate surface area is 230 Å². The maximum Gasteiger partial charge on any atom is 0.148 e. The van der Waals surface area contributed by atoms with Crippen molar-refractivity contribution in [2.45, 2.75) is 13.2 Å². The average molecular weight is 541 g/mol. The first-order chi connectivity index (χ1) is 18.9. The lowest BCUT2D eigenvalue weighted by Crippen LogP contribution is -2.22. The minimum atomic E-state index is -2.97. The molecule has 0 unspecified atom stereocenters. The number of hydrogen-bond acceptors (Lipinski definition) is 7. The lowest BCUT2D eigenvalue weighted by atomic mass is 10.00. The Hall–Kier alpha value is -4.27. The van der Waals surface area contributed by atoms with E-state index in [0.29, 0.717) is 19.7 Å². The van der Waals surface area contributed by atoms with Crippen molar-refractivity contribution in [2.75, 3.05) is 28.8 Å². The van der Waals surface area contributed by atoms with Crippen LogP contribution >= 0.6 is 0 Å². The smallest absolute Gasteiger partial charge is 0.148 e. The Morgan fingerprint density at radius 1 is 0.923 bits per heavy atom. The fourth-order valence-electron chi connectivity index (χ4n) is 4.26. The van der Waals surface area contributed by atoms with E-state index in [1.54, 1.807) is 0 Å². The molecule has 39 heavy (non-hydrogen) atoms. The lowest BCUT2D eigenvalue weighted by Gasteiger charge is -2.27. The molecule has 0 fully saturated rings. The summed E-state index contributed by atoms with van der Waals surface area (Å²) in [4.78, 5) is 2.09. The number of sulfone groups is 1. The maximum absolute atomic E-state index is 11.4. The van der Waals surface area contributed by atoms with Gasteiger partial charge in [-0.3, -0.25) is 0 Å². The second-order valence-corrected chi connectivity index (χ2v) is 11.8. The topological polar surface area (TPSA) is 82.7 Å². The van der Waals surface area contributed by atoms with Gasteiger partial charge in [0.15, 0.2) is 0 Å². The van der Waals surface area contributed by atoms with Crippen LogP contribution in [0.5, 0.6) is 5.75 Å². The normalized spacial score (nSPS) is 14.5. The van der Waals surface area contributed by atoms with Crippen LogP contribution in [-0.2, 0) is 23.0 Å². The predicted molar refractivity (Wildman–Crippen MR) is 158 cm³/mol. The number of nitrogens with one attached hydrogen (secondary N) is 3. The van der Waals surface area contributed by atoms with E-state index >= 15 is 0 Å². The van der Waals surface area contributed by atoms with Crippen molar-refractivity contribution < 1.29 is 13.2 Å². The van der Waals surface area contributed by atoms with Crippen molar-refractivity contribution in [1.29, 1.82) is 0 Å². The van der Waals surface area contributed by atoms with Crippen LogP contribution in [-0.4, -0.2) is 27.0 Å². The van der Waals surface area contributed by atoms with Crippen LogP contribution in [0.25, 0.3) is 0 Å². The van der Waals surface area contributed by atoms with Gasteiger partial charge in [0.05, 0.1) is 11.4 Å². The van der Waals surface area contributed by atoms with Gasteiger partial charge < -0.3 is 25.6 Å². The Morgan fingerprint density at radius 3 is 2.51 bits per heavy atom. The summed E-state index contributed by atoms with van der Waals surface area (Å²) in [6, 6.07) is 26.3. The zero-order valence-electron chi connectivity index (χ0n) is 21.8. The predicted octanol–water partition coefficient (Wildman–Crippen LogP) is 5.06. The fourth-order valence-corrected chi connectivity index (χ4v) is 4.78. The second-order valence-electron chi connectivity index (χ2n) is 9.49. The van der Waals surface area contributed by atoms with Crippen molar-refractivity contribution in [3.8, 4) is 5.75 Å². The van der Waals surface area contributed by atoms with E-state index < -0.39 is 9.84 Å². The standard InChI is InChI=1S/C31H32N4O3S/c1-39(36,37)17-15-32-19-25-8-5-9-28(18-25)35-16-14-26-20-33-21-31(30(26)22-35)34-27-10-12-29(13-11-27)38-23-24-6-3-2-4-7-24/h2-14,16,18,20-22,32-34H,15,17,19,23H2,1H3. The number of fused-ring (bicyclic) bond motifs is 1. The molecule has 0 spiro atoms. The Balaban J connectivity index is 1.23. The molecule has 200 valence electrons. The molecular formula is C31H32N4O3S. The number of dihydropyridines is 1. The van der Waals surface area contributed by atoms with Crippen LogP contribution in [0.2, 0.25) is 0 Å². The summed E-state index contributed by atoms with van der Waals surface area (Å²) in [5.74, 6) is 0.944. The van der Waals surface area contributed by atoms with Gasteiger partial charge in [0, 0.05) is 66.7 Å². The van der Waals surface area contributed by atoms with Crippen molar-refractivity contribution in [2.24, 2.45) is 0 Å². The summed E-state index contributed by atoms with van der Waals surface area (Å²) >= 11 is 0. The number of nitrogens with zero attached hydrogens (tertiary/aromatic N) is 1. The molecule has 0 bridgehead atoms. The Morgan fingerprint density at radius 2 is 1.72 bits per heavy atom. The molecule has 0 atom stereocenters. The molecule has 7 nitrogen and oxygen atoms in total. The molecule has 0 radical (unpaired) electrons. The molecule has 2 heterocycles. The van der Waals surface area contributed by atoms with Crippen LogP contribution in [0.1, 0.15) is 11.1 Å². The van der Waals surface area contributed by atoms with Crippen molar-refractivity contribution in [3.63, 3.8) is 0 Å². The van der Waals surface area contributed by atoms with Gasteiger partial charge in [0.2, 0.25) is 0 Å². The molecule has 0 aliphatic carbocycles. The third-order valence-corrected chi connectivity index (χ3v) is 7.27. The van der Waals surface area contributed by atoms with Gasteiger partial charge in [-0.15, -0.1) is 0 Å². The monoisotopic (exact) mass is 540 g/mol. The molecule has 0 aromatic heterocycles. The van der Waals surface area contributed by atoms with E-state index in [-0.39, 0.29) is 5.75 Å². The van der Waals surface area contributed by atoms with Crippen LogP contribution in [0.3, 0.4) is 0 Å². The highest BCUT2D eigenvalue weighted by Crippen LogP contribution is 2.31. The quantitative estimate of drug-likeness (QED) is 0.293. The van der Waals surface area contributed by atoms with Crippen molar-refractivity contribution >= 4 is 21.2 Å². The molecule has 3 aromatic carbocycles. The number of allylic oxidation sites excluding steroid dienone is 2. The zero-order valence-corrected chi connectivity index (χ0v) is 22.6. The molecular weight excluding hydrogens is 508 g/mol. The van der Waals surface area contributed by atoms with Gasteiger partial charge in [0.1, 0.15) is 22.2 Å². The van der Waals surface area contributed by atoms with Gasteiger partial charge >= 0.3 is 0 Å². The van der Waals surface area contributed by atoms with Crippen LogP contribution in [0, 0.1) is 0 Å². The first kappa shape index (κ1) is 26.3. The molecule has 0 saturated carbocycles. The number of benzene rings is 3. The van der Waals surface area contributed by atoms with Crippen LogP contribution in [0.4, 0.5) is 11.4 Å². The largest absolute Gasteiger partial charge is 0.489 e. The summed E-state index contributed by atoms with van der Waals surface area (Å²) in [5, 5.41) is 9.97. The molecule has 2 aliphatic rings. The van der Waals surface area contributed by atoms with Crippen molar-refractivity contribution in [1.82, 2.24) is 10.6 Å². The first-order valence-electron chi connectivity index (χ1n) is 12.8. The van der Waals surface area contributed by atoms with E-state index in [0.717, 1.165) is 45.1 Å². The second kappa shape index (κ2) is 12.1. The summed E-state index contributed by atoms with van der Waals surface area (Å²) in [7, 11) is -2.97. The summed E-state index contributed by atoms with van der Waals surface area (Å²) in [5.41, 5.74) is 7.31. The molecule has 5 rings (SSSR count). The third kappa shape index (κ3) is 7.40.